The van der Waals surface area contributed by atoms with Gasteiger partial charge < -0.3 is 10.5 Å². The zero-order chi connectivity index (χ0) is 11.5. The minimum absolute atomic E-state index is 0.484. The highest BCUT2D eigenvalue weighted by Gasteiger charge is 2.08. The molecular formula is C12H15N3O. The lowest BCUT2D eigenvalue weighted by Gasteiger charge is -2.10. The van der Waals surface area contributed by atoms with Crippen LogP contribution in [0, 0.1) is 0 Å². The topological polar surface area (TPSA) is 53.1 Å². The van der Waals surface area contributed by atoms with E-state index >= 15 is 0 Å². The highest BCUT2D eigenvalue weighted by molar-refractivity contribution is 5.65. The molecule has 16 heavy (non-hydrogen) atoms. The van der Waals surface area contributed by atoms with E-state index in [9.17, 15) is 0 Å². The molecule has 0 fully saturated rings. The molecule has 4 heteroatoms. The van der Waals surface area contributed by atoms with Gasteiger partial charge in [-0.05, 0) is 29.8 Å². The molecular weight excluding hydrogens is 202 g/mol. The molecule has 1 aromatic carbocycles. The molecule has 0 amide bonds. The predicted molar refractivity (Wildman–Crippen MR) is 63.1 cm³/mol. The van der Waals surface area contributed by atoms with Crippen LogP contribution in [0.5, 0.6) is 5.75 Å². The van der Waals surface area contributed by atoms with Crippen molar-refractivity contribution < 1.29 is 4.74 Å². The van der Waals surface area contributed by atoms with Gasteiger partial charge in [0.25, 0.3) is 0 Å². The number of aryl methyl sites for hydroxylation is 1. The summed E-state index contributed by atoms with van der Waals surface area (Å²) >= 11 is 0. The first-order chi connectivity index (χ1) is 7.76. The number of aromatic nitrogens is 2. The van der Waals surface area contributed by atoms with Gasteiger partial charge in [0.15, 0.2) is 0 Å². The van der Waals surface area contributed by atoms with E-state index in [4.69, 9.17) is 10.5 Å². The minimum atomic E-state index is 0.484. The number of rotatable bonds is 3. The molecule has 0 unspecified atom stereocenters. The highest BCUT2D eigenvalue weighted by atomic mass is 16.5. The number of nitrogens with zero attached hydrogens (tertiary/aromatic N) is 2. The number of methoxy groups -OCH3 is 1. The van der Waals surface area contributed by atoms with Crippen LogP contribution < -0.4 is 10.5 Å². The van der Waals surface area contributed by atoms with Crippen LogP contribution in [0.3, 0.4) is 0 Å². The molecule has 0 saturated carbocycles. The molecule has 1 heterocycles. The van der Waals surface area contributed by atoms with E-state index < -0.39 is 0 Å². The summed E-state index contributed by atoms with van der Waals surface area (Å²) in [5.74, 6) is 0.825. The molecule has 0 bridgehead atoms. The van der Waals surface area contributed by atoms with E-state index in [0.717, 1.165) is 22.6 Å². The lowest BCUT2D eigenvalue weighted by molar-refractivity contribution is 0.414. The summed E-state index contributed by atoms with van der Waals surface area (Å²) in [5, 5.41) is 4.16. The molecule has 2 aromatic rings. The number of hydrogen-bond acceptors (Lipinski definition) is 3. The molecule has 84 valence electrons. The number of hydrogen-bond donors (Lipinski definition) is 1. The summed E-state index contributed by atoms with van der Waals surface area (Å²) in [6.07, 6.45) is 1.78. The molecule has 0 aliphatic rings. The molecule has 2 rings (SSSR count). The van der Waals surface area contributed by atoms with E-state index in [1.165, 1.54) is 0 Å². The standard InChI is InChI=1S/C12H15N3O/c1-15-12(5-6-14-15)11-4-3-10(16-2)7-9(11)8-13/h3-7H,8,13H2,1-2H3. The molecule has 0 radical (unpaired) electrons. The average Bonchev–Trinajstić information content (AvgIpc) is 2.74. The number of nitrogens with two attached hydrogens (primary N) is 1. The van der Waals surface area contributed by atoms with Crippen LogP contribution in [0.25, 0.3) is 11.3 Å². The van der Waals surface area contributed by atoms with Crippen molar-refractivity contribution in [3.63, 3.8) is 0 Å². The highest BCUT2D eigenvalue weighted by Crippen LogP contribution is 2.26. The molecule has 0 aliphatic carbocycles. The first-order valence-corrected chi connectivity index (χ1v) is 5.11. The smallest absolute Gasteiger partial charge is 0.119 e. The molecule has 1 aromatic heterocycles. The van der Waals surface area contributed by atoms with Gasteiger partial charge in [0.2, 0.25) is 0 Å². The average molecular weight is 217 g/mol. The summed E-state index contributed by atoms with van der Waals surface area (Å²) in [7, 11) is 3.57. The van der Waals surface area contributed by atoms with Crippen LogP contribution >= 0.6 is 0 Å². The van der Waals surface area contributed by atoms with Crippen LogP contribution in [-0.2, 0) is 13.6 Å². The lowest BCUT2D eigenvalue weighted by Crippen LogP contribution is -2.02. The Balaban J connectivity index is 2.53. The second kappa shape index (κ2) is 4.37. The number of ether oxygens (including phenoxy) is 1. The van der Waals surface area contributed by atoms with E-state index in [1.807, 2.05) is 36.0 Å². The van der Waals surface area contributed by atoms with E-state index in [2.05, 4.69) is 5.10 Å². The number of benzene rings is 1. The Kier molecular flexibility index (Phi) is 2.92. The fourth-order valence-corrected chi connectivity index (χ4v) is 1.75. The van der Waals surface area contributed by atoms with Gasteiger partial charge in [-0.2, -0.15) is 5.10 Å². The second-order valence-electron chi connectivity index (χ2n) is 3.57. The Bertz CT molecular complexity index is 491. The Morgan fingerprint density at radius 1 is 1.38 bits per heavy atom. The maximum absolute atomic E-state index is 5.75. The zero-order valence-corrected chi connectivity index (χ0v) is 9.47. The fraction of sp³-hybridized carbons (Fsp3) is 0.250. The fourth-order valence-electron chi connectivity index (χ4n) is 1.75. The van der Waals surface area contributed by atoms with Crippen molar-refractivity contribution in [2.75, 3.05) is 7.11 Å². The first-order valence-electron chi connectivity index (χ1n) is 5.11. The van der Waals surface area contributed by atoms with Crippen LogP contribution in [-0.4, -0.2) is 16.9 Å². The maximum Gasteiger partial charge on any atom is 0.119 e. The van der Waals surface area contributed by atoms with Crippen molar-refractivity contribution in [1.82, 2.24) is 9.78 Å². The zero-order valence-electron chi connectivity index (χ0n) is 9.47. The van der Waals surface area contributed by atoms with Gasteiger partial charge in [0.1, 0.15) is 5.75 Å². The predicted octanol–water partition coefficient (Wildman–Crippen LogP) is 1.55. The lowest BCUT2D eigenvalue weighted by atomic mass is 10.0. The quantitative estimate of drug-likeness (QED) is 0.848. The van der Waals surface area contributed by atoms with E-state index in [-0.39, 0.29) is 0 Å². The normalized spacial score (nSPS) is 10.4. The van der Waals surface area contributed by atoms with Gasteiger partial charge in [0, 0.05) is 25.4 Å². The van der Waals surface area contributed by atoms with Crippen molar-refractivity contribution >= 4 is 0 Å². The second-order valence-corrected chi connectivity index (χ2v) is 3.57. The molecule has 0 spiro atoms. The van der Waals surface area contributed by atoms with Crippen molar-refractivity contribution in [2.45, 2.75) is 6.54 Å². The van der Waals surface area contributed by atoms with Crippen LogP contribution in [0.4, 0.5) is 0 Å². The summed E-state index contributed by atoms with van der Waals surface area (Å²) in [6.45, 7) is 0.484. The Morgan fingerprint density at radius 2 is 2.19 bits per heavy atom. The Labute approximate surface area is 94.6 Å². The third kappa shape index (κ3) is 1.79. The van der Waals surface area contributed by atoms with Gasteiger partial charge >= 0.3 is 0 Å². The van der Waals surface area contributed by atoms with Crippen molar-refractivity contribution in [2.24, 2.45) is 12.8 Å². The maximum atomic E-state index is 5.75. The molecule has 2 N–H and O–H groups in total. The summed E-state index contributed by atoms with van der Waals surface area (Å²) < 4.78 is 7.02. The monoisotopic (exact) mass is 217 g/mol. The van der Waals surface area contributed by atoms with Gasteiger partial charge in [-0.1, -0.05) is 0 Å². The van der Waals surface area contributed by atoms with E-state index in [0.29, 0.717) is 6.54 Å². The van der Waals surface area contributed by atoms with Gasteiger partial charge in [-0.3, -0.25) is 4.68 Å². The summed E-state index contributed by atoms with van der Waals surface area (Å²) in [5.41, 5.74) is 8.96. The molecule has 0 saturated heterocycles. The van der Waals surface area contributed by atoms with Gasteiger partial charge in [-0.15, -0.1) is 0 Å². The molecule has 0 aliphatic heterocycles. The van der Waals surface area contributed by atoms with E-state index in [1.54, 1.807) is 13.3 Å². The third-order valence-corrected chi connectivity index (χ3v) is 2.63. The van der Waals surface area contributed by atoms with Crippen molar-refractivity contribution in [3.8, 4) is 17.0 Å². The largest absolute Gasteiger partial charge is 0.497 e. The van der Waals surface area contributed by atoms with Crippen LogP contribution in [0.2, 0.25) is 0 Å². The third-order valence-electron chi connectivity index (χ3n) is 2.63. The molecule has 4 nitrogen and oxygen atoms in total. The molecule has 0 atom stereocenters. The summed E-state index contributed by atoms with van der Waals surface area (Å²) in [6, 6.07) is 7.88. The Morgan fingerprint density at radius 3 is 2.75 bits per heavy atom. The van der Waals surface area contributed by atoms with Crippen molar-refractivity contribution in [3.05, 3.63) is 36.0 Å². The Hall–Kier alpha value is -1.81. The van der Waals surface area contributed by atoms with Crippen LogP contribution in [0.15, 0.2) is 30.5 Å². The van der Waals surface area contributed by atoms with Crippen LogP contribution in [0.1, 0.15) is 5.56 Å². The first kappa shape index (κ1) is 10.7. The van der Waals surface area contributed by atoms with Gasteiger partial charge in [-0.25, -0.2) is 0 Å². The minimum Gasteiger partial charge on any atom is -0.497 e. The summed E-state index contributed by atoms with van der Waals surface area (Å²) in [4.78, 5) is 0. The van der Waals surface area contributed by atoms with Crippen molar-refractivity contribution in [1.29, 1.82) is 0 Å². The van der Waals surface area contributed by atoms with Gasteiger partial charge in [0.05, 0.1) is 12.8 Å². The SMILES string of the molecule is COc1ccc(-c2ccnn2C)c(CN)c1.